The van der Waals surface area contributed by atoms with Gasteiger partial charge in [0.05, 0.1) is 16.5 Å². The van der Waals surface area contributed by atoms with E-state index < -0.39 is 39.0 Å². The van der Waals surface area contributed by atoms with Crippen LogP contribution in [-0.2, 0) is 16.6 Å². The molecule has 4 nitrogen and oxygen atoms in total. The first kappa shape index (κ1) is 16.2. The minimum atomic E-state index is -4.15. The molecular weight excluding hydrogens is 344 g/mol. The molecule has 1 aromatic carbocycles. The third-order valence-electron chi connectivity index (χ3n) is 2.65. The SMILES string of the molecule is Cc1csc(CO)c1S(=O)(=O)Nc1c(F)cc(F)cc1Cl. The summed E-state index contributed by atoms with van der Waals surface area (Å²) < 4.78 is 53.3. The fourth-order valence-corrected chi connectivity index (χ4v) is 4.83. The van der Waals surface area contributed by atoms with Crippen LogP contribution in [-0.4, -0.2) is 13.5 Å². The Morgan fingerprint density at radius 1 is 1.38 bits per heavy atom. The lowest BCUT2D eigenvalue weighted by Crippen LogP contribution is -2.16. The largest absolute Gasteiger partial charge is 0.391 e. The highest BCUT2D eigenvalue weighted by atomic mass is 35.5. The Bertz CT molecular complexity index is 767. The number of benzene rings is 1. The average Bonchev–Trinajstić information content (AvgIpc) is 2.76. The number of sulfonamides is 1. The van der Waals surface area contributed by atoms with E-state index in [1.54, 1.807) is 12.3 Å². The molecule has 0 aliphatic heterocycles. The van der Waals surface area contributed by atoms with Crippen molar-refractivity contribution >= 4 is 38.6 Å². The van der Waals surface area contributed by atoms with E-state index in [4.69, 9.17) is 11.6 Å². The molecule has 21 heavy (non-hydrogen) atoms. The molecule has 0 aliphatic carbocycles. The number of rotatable bonds is 4. The Morgan fingerprint density at radius 3 is 2.62 bits per heavy atom. The van der Waals surface area contributed by atoms with Gasteiger partial charge in [0.25, 0.3) is 10.0 Å². The first-order valence-electron chi connectivity index (χ1n) is 5.61. The summed E-state index contributed by atoms with van der Waals surface area (Å²) in [6.45, 7) is 1.08. The van der Waals surface area contributed by atoms with Gasteiger partial charge in [-0.3, -0.25) is 4.72 Å². The summed E-state index contributed by atoms with van der Waals surface area (Å²) in [4.78, 5) is 0.0911. The number of aryl methyl sites for hydroxylation is 1. The van der Waals surface area contributed by atoms with Crippen molar-refractivity contribution < 1.29 is 22.3 Å². The molecule has 0 aliphatic rings. The van der Waals surface area contributed by atoms with E-state index in [2.05, 4.69) is 0 Å². The molecule has 0 bridgehead atoms. The van der Waals surface area contributed by atoms with Crippen molar-refractivity contribution in [2.45, 2.75) is 18.4 Å². The van der Waals surface area contributed by atoms with Crippen molar-refractivity contribution in [3.8, 4) is 0 Å². The van der Waals surface area contributed by atoms with E-state index in [1.165, 1.54) is 0 Å². The van der Waals surface area contributed by atoms with Gasteiger partial charge >= 0.3 is 0 Å². The van der Waals surface area contributed by atoms with Gasteiger partial charge in [-0.15, -0.1) is 11.3 Å². The minimum Gasteiger partial charge on any atom is -0.391 e. The lowest BCUT2D eigenvalue weighted by Gasteiger charge is -2.11. The monoisotopic (exact) mass is 353 g/mol. The van der Waals surface area contributed by atoms with E-state index in [9.17, 15) is 22.3 Å². The number of thiophene rings is 1. The molecule has 114 valence electrons. The van der Waals surface area contributed by atoms with Crippen molar-refractivity contribution in [2.24, 2.45) is 0 Å². The zero-order chi connectivity index (χ0) is 15.8. The highest BCUT2D eigenvalue weighted by Crippen LogP contribution is 2.32. The Kier molecular flexibility index (Phi) is 4.52. The first-order chi connectivity index (χ1) is 9.76. The van der Waals surface area contributed by atoms with E-state index in [0.29, 0.717) is 11.6 Å². The van der Waals surface area contributed by atoms with Gasteiger partial charge in [-0.25, -0.2) is 17.2 Å². The van der Waals surface area contributed by atoms with Gasteiger partial charge in [-0.1, -0.05) is 11.6 Å². The number of hydrogen-bond donors (Lipinski definition) is 2. The maximum absolute atomic E-state index is 13.7. The molecule has 1 heterocycles. The Labute approximate surface area is 129 Å². The summed E-state index contributed by atoms with van der Waals surface area (Å²) in [6, 6.07) is 1.33. The zero-order valence-electron chi connectivity index (χ0n) is 10.7. The summed E-state index contributed by atoms with van der Waals surface area (Å²) in [7, 11) is -4.15. The normalized spacial score (nSPS) is 11.7. The van der Waals surface area contributed by atoms with Gasteiger partial charge < -0.3 is 5.11 Å². The molecule has 0 amide bonds. The number of halogens is 3. The lowest BCUT2D eigenvalue weighted by atomic mass is 10.3. The summed E-state index contributed by atoms with van der Waals surface area (Å²) >= 11 is 6.73. The number of nitrogens with one attached hydrogen (secondary N) is 1. The van der Waals surface area contributed by atoms with Crippen LogP contribution in [0.2, 0.25) is 5.02 Å². The van der Waals surface area contributed by atoms with Crippen molar-refractivity contribution in [1.82, 2.24) is 0 Å². The van der Waals surface area contributed by atoms with Gasteiger partial charge in [0, 0.05) is 6.07 Å². The summed E-state index contributed by atoms with van der Waals surface area (Å²) in [5, 5.41) is 10.3. The third kappa shape index (κ3) is 3.18. The van der Waals surface area contributed by atoms with Gasteiger partial charge in [-0.2, -0.15) is 0 Å². The smallest absolute Gasteiger partial charge is 0.263 e. The molecule has 0 unspecified atom stereocenters. The van der Waals surface area contributed by atoms with Crippen LogP contribution >= 0.6 is 22.9 Å². The van der Waals surface area contributed by atoms with Crippen LogP contribution in [0.5, 0.6) is 0 Å². The van der Waals surface area contributed by atoms with Gasteiger partial charge in [0.2, 0.25) is 0 Å². The fourth-order valence-electron chi connectivity index (χ4n) is 1.78. The highest BCUT2D eigenvalue weighted by molar-refractivity contribution is 7.93. The Balaban J connectivity index is 2.50. The van der Waals surface area contributed by atoms with Gasteiger partial charge in [-0.05, 0) is 23.9 Å². The van der Waals surface area contributed by atoms with E-state index >= 15 is 0 Å². The van der Waals surface area contributed by atoms with Crippen LogP contribution in [0.3, 0.4) is 0 Å². The van der Waals surface area contributed by atoms with E-state index in [1.807, 2.05) is 4.72 Å². The zero-order valence-corrected chi connectivity index (χ0v) is 13.0. The quantitative estimate of drug-likeness (QED) is 0.886. The van der Waals surface area contributed by atoms with Crippen LogP contribution in [0.4, 0.5) is 14.5 Å². The fraction of sp³-hybridized carbons (Fsp3) is 0.167. The predicted molar refractivity (Wildman–Crippen MR) is 77.2 cm³/mol. The van der Waals surface area contributed by atoms with Crippen molar-refractivity contribution in [3.05, 3.63) is 44.6 Å². The second-order valence-electron chi connectivity index (χ2n) is 4.18. The Morgan fingerprint density at radius 2 is 2.05 bits per heavy atom. The summed E-state index contributed by atoms with van der Waals surface area (Å²) in [5.74, 6) is -2.04. The topological polar surface area (TPSA) is 66.4 Å². The second kappa shape index (κ2) is 5.88. The van der Waals surface area contributed by atoms with Gasteiger partial charge in [0.15, 0.2) is 5.82 Å². The second-order valence-corrected chi connectivity index (χ2v) is 7.17. The van der Waals surface area contributed by atoms with E-state index in [-0.39, 0.29) is 9.77 Å². The molecule has 9 heteroatoms. The predicted octanol–water partition coefficient (Wildman–Crippen LogP) is 3.28. The Hall–Kier alpha value is -1.22. The number of aliphatic hydroxyl groups excluding tert-OH is 1. The number of aliphatic hydroxyl groups is 1. The molecule has 0 radical (unpaired) electrons. The molecule has 0 atom stereocenters. The van der Waals surface area contributed by atoms with Crippen LogP contribution in [0.15, 0.2) is 22.4 Å². The molecule has 1 aromatic heterocycles. The molecule has 2 N–H and O–H groups in total. The van der Waals surface area contributed by atoms with Crippen molar-refractivity contribution in [3.63, 3.8) is 0 Å². The number of hydrogen-bond acceptors (Lipinski definition) is 4. The maximum atomic E-state index is 13.7. The van der Waals surface area contributed by atoms with Gasteiger partial charge in [0.1, 0.15) is 16.4 Å². The summed E-state index contributed by atoms with van der Waals surface area (Å²) in [5.41, 5.74) is -0.122. The minimum absolute atomic E-state index is 0.130. The third-order valence-corrected chi connectivity index (χ3v) is 5.74. The molecule has 0 fully saturated rings. The van der Waals surface area contributed by atoms with Crippen LogP contribution in [0, 0.1) is 18.6 Å². The van der Waals surface area contributed by atoms with E-state index in [0.717, 1.165) is 17.4 Å². The van der Waals surface area contributed by atoms with Crippen LogP contribution < -0.4 is 4.72 Å². The molecule has 2 aromatic rings. The van der Waals surface area contributed by atoms with Crippen LogP contribution in [0.1, 0.15) is 10.4 Å². The molecular formula is C12H10ClF2NO3S2. The molecule has 0 saturated heterocycles. The average molecular weight is 354 g/mol. The lowest BCUT2D eigenvalue weighted by molar-refractivity contribution is 0.282. The molecule has 0 saturated carbocycles. The van der Waals surface area contributed by atoms with Crippen molar-refractivity contribution in [1.29, 1.82) is 0 Å². The molecule has 2 rings (SSSR count). The first-order valence-corrected chi connectivity index (χ1v) is 8.35. The highest BCUT2D eigenvalue weighted by Gasteiger charge is 2.25. The standard InChI is InChI=1S/C12H10ClF2NO3S2/c1-6-5-20-10(4-17)12(6)21(18,19)16-11-8(13)2-7(14)3-9(11)15/h2-3,5,16-17H,4H2,1H3. The van der Waals surface area contributed by atoms with Crippen LogP contribution in [0.25, 0.3) is 0 Å². The maximum Gasteiger partial charge on any atom is 0.263 e. The summed E-state index contributed by atoms with van der Waals surface area (Å²) in [6.07, 6.45) is 0. The van der Waals surface area contributed by atoms with Crippen molar-refractivity contribution in [2.75, 3.05) is 4.72 Å². The number of anilines is 1. The molecule has 0 spiro atoms.